The Morgan fingerprint density at radius 2 is 2.00 bits per heavy atom. The number of amidine groups is 1. The number of aryl methyl sites for hydroxylation is 1. The van der Waals surface area contributed by atoms with Crippen LogP contribution >= 0.6 is 27.7 Å². The van der Waals surface area contributed by atoms with E-state index in [2.05, 4.69) is 26.1 Å². The van der Waals surface area contributed by atoms with E-state index in [1.54, 1.807) is 36.6 Å². The molecule has 0 saturated carbocycles. The second kappa shape index (κ2) is 9.36. The molecule has 156 valence electrons. The number of amides is 1. The zero-order valence-corrected chi connectivity index (χ0v) is 18.9. The minimum atomic E-state index is -0.163. The maximum atomic E-state index is 13.1. The van der Waals surface area contributed by atoms with Crippen molar-refractivity contribution in [3.05, 3.63) is 92.7 Å². The van der Waals surface area contributed by atoms with Crippen molar-refractivity contribution in [2.24, 2.45) is 10.2 Å². The topological polar surface area (TPSA) is 78.4 Å². The number of carbonyl (C=O) groups excluding carboxylic acids is 1. The van der Waals surface area contributed by atoms with Crippen molar-refractivity contribution in [2.75, 3.05) is 0 Å². The first-order chi connectivity index (χ1) is 15.0. The van der Waals surface area contributed by atoms with Crippen molar-refractivity contribution >= 4 is 51.1 Å². The molecule has 1 aliphatic rings. The molecule has 1 aliphatic heterocycles. The van der Waals surface area contributed by atoms with Crippen LogP contribution in [-0.2, 0) is 11.3 Å². The standard InChI is InChI=1S/C23H18BrN3O3S/c1-15-5-2-3-6-16(15)12-21-22(29)27(14-19-7-4-10-30-19)23(31-21)26-25-13-17-11-18(24)8-9-20(17)28/h2-13,28H,14H2,1H3/b21-12-,25-13-,26-23+. The van der Waals surface area contributed by atoms with Gasteiger partial charge in [-0.3, -0.25) is 9.69 Å². The molecule has 2 aromatic carbocycles. The van der Waals surface area contributed by atoms with E-state index in [0.717, 1.165) is 15.6 Å². The molecule has 1 amide bonds. The molecule has 0 aliphatic carbocycles. The maximum Gasteiger partial charge on any atom is 0.267 e. The molecule has 8 heteroatoms. The zero-order chi connectivity index (χ0) is 21.8. The first-order valence-corrected chi connectivity index (χ1v) is 11.0. The number of phenols is 1. The van der Waals surface area contributed by atoms with E-state index in [4.69, 9.17) is 4.42 Å². The number of phenolic OH excluding ortho intramolecular Hbond substituents is 1. The van der Waals surface area contributed by atoms with E-state index in [1.807, 2.05) is 37.3 Å². The normalized spacial score (nSPS) is 16.8. The fourth-order valence-electron chi connectivity index (χ4n) is 2.94. The molecule has 0 bridgehead atoms. The number of benzene rings is 2. The summed E-state index contributed by atoms with van der Waals surface area (Å²) in [5.74, 6) is 0.575. The molecule has 1 N–H and O–H groups in total. The number of thioether (sulfide) groups is 1. The number of nitrogens with zero attached hydrogens (tertiary/aromatic N) is 3. The van der Waals surface area contributed by atoms with Gasteiger partial charge in [-0.1, -0.05) is 40.2 Å². The van der Waals surface area contributed by atoms with Gasteiger partial charge in [-0.2, -0.15) is 5.10 Å². The van der Waals surface area contributed by atoms with Gasteiger partial charge in [0.15, 0.2) is 5.17 Å². The summed E-state index contributed by atoms with van der Waals surface area (Å²) in [5.41, 5.74) is 2.57. The molecule has 6 nitrogen and oxygen atoms in total. The van der Waals surface area contributed by atoms with Gasteiger partial charge in [-0.05, 0) is 66.2 Å². The summed E-state index contributed by atoms with van der Waals surface area (Å²) in [6, 6.07) is 16.5. The van der Waals surface area contributed by atoms with E-state index in [-0.39, 0.29) is 18.2 Å². The van der Waals surface area contributed by atoms with Crippen molar-refractivity contribution in [2.45, 2.75) is 13.5 Å². The Bertz CT molecular complexity index is 1200. The van der Waals surface area contributed by atoms with Gasteiger partial charge in [0.2, 0.25) is 0 Å². The molecule has 31 heavy (non-hydrogen) atoms. The minimum Gasteiger partial charge on any atom is -0.507 e. The second-order valence-corrected chi connectivity index (χ2v) is 8.69. The molecule has 0 unspecified atom stereocenters. The third-order valence-electron chi connectivity index (χ3n) is 4.59. The van der Waals surface area contributed by atoms with E-state index in [9.17, 15) is 9.90 Å². The van der Waals surface area contributed by atoms with Gasteiger partial charge in [-0.25, -0.2) is 0 Å². The SMILES string of the molecule is Cc1ccccc1/C=C1\S/C(=N/N=C\c2cc(Br)ccc2O)N(Cc2ccco2)C1=O. The smallest absolute Gasteiger partial charge is 0.267 e. The lowest BCUT2D eigenvalue weighted by Crippen LogP contribution is -2.28. The Hall–Kier alpha value is -3.10. The van der Waals surface area contributed by atoms with Crippen LogP contribution in [0.15, 0.2) is 84.9 Å². The molecule has 0 radical (unpaired) electrons. The van der Waals surface area contributed by atoms with Gasteiger partial charge >= 0.3 is 0 Å². The van der Waals surface area contributed by atoms with Gasteiger partial charge in [0.1, 0.15) is 11.5 Å². The van der Waals surface area contributed by atoms with Crippen LogP contribution in [0.2, 0.25) is 0 Å². The Morgan fingerprint density at radius 3 is 2.77 bits per heavy atom. The van der Waals surface area contributed by atoms with E-state index in [1.165, 1.54) is 22.9 Å². The summed E-state index contributed by atoms with van der Waals surface area (Å²) in [5, 5.41) is 18.8. The second-order valence-electron chi connectivity index (χ2n) is 6.77. The predicted molar refractivity (Wildman–Crippen MR) is 127 cm³/mol. The monoisotopic (exact) mass is 495 g/mol. The fraction of sp³-hybridized carbons (Fsp3) is 0.0870. The van der Waals surface area contributed by atoms with Crippen LogP contribution in [0.3, 0.4) is 0 Å². The number of rotatable bonds is 5. The van der Waals surface area contributed by atoms with Gasteiger partial charge in [0, 0.05) is 10.0 Å². The van der Waals surface area contributed by atoms with Crippen LogP contribution in [-0.4, -0.2) is 27.3 Å². The highest BCUT2D eigenvalue weighted by Gasteiger charge is 2.34. The van der Waals surface area contributed by atoms with Crippen molar-refractivity contribution in [1.29, 1.82) is 0 Å². The molecule has 1 fully saturated rings. The lowest BCUT2D eigenvalue weighted by atomic mass is 10.1. The van der Waals surface area contributed by atoms with E-state index >= 15 is 0 Å². The Kier molecular flexibility index (Phi) is 6.39. The van der Waals surface area contributed by atoms with Crippen molar-refractivity contribution < 1.29 is 14.3 Å². The molecular formula is C23H18BrN3O3S. The summed E-state index contributed by atoms with van der Waals surface area (Å²) < 4.78 is 6.23. The number of hydrogen-bond donors (Lipinski definition) is 1. The Morgan fingerprint density at radius 1 is 1.16 bits per heavy atom. The fourth-order valence-corrected chi connectivity index (χ4v) is 4.24. The first kappa shape index (κ1) is 21.1. The predicted octanol–water partition coefficient (Wildman–Crippen LogP) is 5.56. The molecular weight excluding hydrogens is 478 g/mol. The number of furan rings is 1. The third kappa shape index (κ3) is 4.98. The zero-order valence-electron chi connectivity index (χ0n) is 16.5. The largest absolute Gasteiger partial charge is 0.507 e. The third-order valence-corrected chi connectivity index (χ3v) is 6.08. The van der Waals surface area contributed by atoms with Crippen molar-refractivity contribution in [3.63, 3.8) is 0 Å². The lowest BCUT2D eigenvalue weighted by Gasteiger charge is -2.12. The molecule has 3 aromatic rings. The first-order valence-electron chi connectivity index (χ1n) is 9.40. The lowest BCUT2D eigenvalue weighted by molar-refractivity contribution is -0.122. The van der Waals surface area contributed by atoms with Crippen LogP contribution in [0.25, 0.3) is 6.08 Å². The average Bonchev–Trinajstić information content (AvgIpc) is 3.36. The molecule has 0 atom stereocenters. The Balaban J connectivity index is 1.65. The quantitative estimate of drug-likeness (QED) is 0.285. The number of aromatic hydroxyl groups is 1. The van der Waals surface area contributed by atoms with Crippen LogP contribution in [0.4, 0.5) is 0 Å². The van der Waals surface area contributed by atoms with Crippen LogP contribution in [0, 0.1) is 6.92 Å². The van der Waals surface area contributed by atoms with E-state index < -0.39 is 0 Å². The van der Waals surface area contributed by atoms with Crippen molar-refractivity contribution in [3.8, 4) is 5.75 Å². The summed E-state index contributed by atoms with van der Waals surface area (Å²) in [7, 11) is 0. The average molecular weight is 496 g/mol. The van der Waals surface area contributed by atoms with Gasteiger partial charge in [-0.15, -0.1) is 5.10 Å². The van der Waals surface area contributed by atoms with Gasteiger partial charge in [0.25, 0.3) is 5.91 Å². The summed E-state index contributed by atoms with van der Waals surface area (Å²) in [6.07, 6.45) is 4.88. The Labute approximate surface area is 192 Å². The molecule has 1 aromatic heterocycles. The summed E-state index contributed by atoms with van der Waals surface area (Å²) >= 11 is 4.62. The van der Waals surface area contributed by atoms with Gasteiger partial charge in [0.05, 0.1) is 23.9 Å². The van der Waals surface area contributed by atoms with Crippen LogP contribution in [0.5, 0.6) is 5.75 Å². The van der Waals surface area contributed by atoms with Crippen LogP contribution < -0.4 is 0 Å². The molecule has 4 rings (SSSR count). The van der Waals surface area contributed by atoms with Gasteiger partial charge < -0.3 is 9.52 Å². The highest BCUT2D eigenvalue weighted by atomic mass is 79.9. The molecule has 1 saturated heterocycles. The summed E-state index contributed by atoms with van der Waals surface area (Å²) in [4.78, 5) is 15.2. The van der Waals surface area contributed by atoms with Crippen LogP contribution in [0.1, 0.15) is 22.5 Å². The number of hydrogen-bond acceptors (Lipinski definition) is 6. The van der Waals surface area contributed by atoms with E-state index in [0.29, 0.717) is 21.4 Å². The molecule has 0 spiro atoms. The highest BCUT2D eigenvalue weighted by molar-refractivity contribution is 9.10. The maximum absolute atomic E-state index is 13.1. The number of halogens is 1. The highest BCUT2D eigenvalue weighted by Crippen LogP contribution is 2.34. The minimum absolute atomic E-state index is 0.0925. The summed E-state index contributed by atoms with van der Waals surface area (Å²) in [6.45, 7) is 2.25. The van der Waals surface area contributed by atoms with Crippen molar-refractivity contribution in [1.82, 2.24) is 4.90 Å². The molecule has 2 heterocycles. The number of carbonyl (C=O) groups is 1.